The molecule has 0 radical (unpaired) electrons. The van der Waals surface area contributed by atoms with Gasteiger partial charge in [-0.05, 0) is 23.6 Å². The zero-order chi connectivity index (χ0) is 20.8. The molecule has 148 valence electrons. The van der Waals surface area contributed by atoms with Crippen molar-refractivity contribution in [2.75, 3.05) is 5.32 Å². The molecule has 10 heteroatoms. The number of nitrogens with one attached hydrogen (secondary N) is 1. The van der Waals surface area contributed by atoms with E-state index in [1.807, 2.05) is 5.32 Å². The maximum absolute atomic E-state index is 12.8. The third-order valence-electron chi connectivity index (χ3n) is 4.07. The molecule has 1 N–H and O–H groups in total. The lowest BCUT2D eigenvalue weighted by atomic mass is 9.71. The first-order valence-corrected chi connectivity index (χ1v) is 7.76. The normalized spacial score (nSPS) is 18.5. The summed E-state index contributed by atoms with van der Waals surface area (Å²) in [6, 6.07) is 0.540. The lowest BCUT2D eigenvalue weighted by Crippen LogP contribution is -2.44. The molecule has 4 nitrogen and oxygen atoms in total. The Kier molecular flexibility index (Phi) is 5.15. The maximum atomic E-state index is 12.8. The molecule has 0 saturated heterocycles. The van der Waals surface area contributed by atoms with Crippen LogP contribution in [0.25, 0.3) is 0 Å². The van der Waals surface area contributed by atoms with Crippen LogP contribution in [0.4, 0.5) is 32.0 Å². The van der Waals surface area contributed by atoms with Gasteiger partial charge in [-0.1, -0.05) is 13.8 Å². The lowest BCUT2D eigenvalue weighted by Gasteiger charge is -2.31. The number of alkyl halides is 6. The van der Waals surface area contributed by atoms with Crippen LogP contribution in [-0.4, -0.2) is 17.5 Å². The number of carbonyl (C=O) groups is 3. The number of amides is 1. The Balaban J connectivity index is 2.35. The van der Waals surface area contributed by atoms with E-state index in [9.17, 15) is 40.7 Å². The quantitative estimate of drug-likeness (QED) is 0.602. The van der Waals surface area contributed by atoms with Crippen molar-refractivity contribution in [1.82, 2.24) is 0 Å². The van der Waals surface area contributed by atoms with E-state index in [1.165, 1.54) is 0 Å². The summed E-state index contributed by atoms with van der Waals surface area (Å²) in [7, 11) is 0. The summed E-state index contributed by atoms with van der Waals surface area (Å²) in [5.74, 6) is -4.44. The summed E-state index contributed by atoms with van der Waals surface area (Å²) in [6.07, 6.45) is -10.4. The Bertz CT molecular complexity index is 743. The molecule has 1 saturated carbocycles. The molecule has 1 aliphatic rings. The van der Waals surface area contributed by atoms with Crippen molar-refractivity contribution >= 4 is 23.2 Å². The molecule has 1 amide bonds. The highest BCUT2D eigenvalue weighted by Crippen LogP contribution is 2.38. The minimum Gasteiger partial charge on any atom is -0.325 e. The third-order valence-corrected chi connectivity index (χ3v) is 4.07. The Labute approximate surface area is 149 Å². The first kappa shape index (κ1) is 20.9. The highest BCUT2D eigenvalue weighted by Gasteiger charge is 2.44. The number of carbonyl (C=O) groups excluding carboxylic acids is 3. The fourth-order valence-corrected chi connectivity index (χ4v) is 2.92. The van der Waals surface area contributed by atoms with E-state index >= 15 is 0 Å². The Morgan fingerprint density at radius 1 is 0.926 bits per heavy atom. The van der Waals surface area contributed by atoms with E-state index in [0.29, 0.717) is 12.1 Å². The molecule has 1 aromatic carbocycles. The van der Waals surface area contributed by atoms with Crippen LogP contribution in [0.2, 0.25) is 0 Å². The molecule has 0 spiro atoms. The summed E-state index contributed by atoms with van der Waals surface area (Å²) in [6.45, 7) is 3.28. The van der Waals surface area contributed by atoms with E-state index in [-0.39, 0.29) is 18.9 Å². The standard InChI is InChI=1S/C17H15F6NO3/c1-15(2)6-11(25)13(12(26)7-15)14(27)24-10-4-8(16(18,19)20)3-9(5-10)17(21,22)23/h3-5,13H,6-7H2,1-2H3,(H,24,27). The van der Waals surface area contributed by atoms with Crippen molar-refractivity contribution in [3.8, 4) is 0 Å². The van der Waals surface area contributed by atoms with Crippen molar-refractivity contribution in [3.05, 3.63) is 29.3 Å². The zero-order valence-electron chi connectivity index (χ0n) is 14.2. The molecule has 27 heavy (non-hydrogen) atoms. The molecule has 1 fully saturated rings. The second-order valence-corrected chi connectivity index (χ2v) is 7.17. The second-order valence-electron chi connectivity index (χ2n) is 7.17. The van der Waals surface area contributed by atoms with Gasteiger partial charge in [0.05, 0.1) is 11.1 Å². The van der Waals surface area contributed by atoms with Crippen LogP contribution in [0.15, 0.2) is 18.2 Å². The molecule has 0 bridgehead atoms. The van der Waals surface area contributed by atoms with Crippen LogP contribution >= 0.6 is 0 Å². The maximum Gasteiger partial charge on any atom is 0.416 e. The second kappa shape index (κ2) is 6.65. The van der Waals surface area contributed by atoms with Crippen molar-refractivity contribution < 1.29 is 40.7 Å². The summed E-state index contributed by atoms with van der Waals surface area (Å²) in [4.78, 5) is 36.3. The Morgan fingerprint density at radius 2 is 1.33 bits per heavy atom. The van der Waals surface area contributed by atoms with Gasteiger partial charge in [0.2, 0.25) is 5.91 Å². The van der Waals surface area contributed by atoms with Gasteiger partial charge in [-0.3, -0.25) is 14.4 Å². The topological polar surface area (TPSA) is 63.2 Å². The number of hydrogen-bond acceptors (Lipinski definition) is 3. The summed E-state index contributed by atoms with van der Waals surface area (Å²) < 4.78 is 77.1. The SMILES string of the molecule is CC1(C)CC(=O)C(C(=O)Nc2cc(C(F)(F)F)cc(C(F)(F)F)c2)C(=O)C1. The summed E-state index contributed by atoms with van der Waals surface area (Å²) in [5.41, 5.74) is -4.69. The number of anilines is 1. The average molecular weight is 395 g/mol. The molecule has 2 rings (SSSR count). The van der Waals surface area contributed by atoms with E-state index in [0.717, 1.165) is 0 Å². The largest absolute Gasteiger partial charge is 0.416 e. The van der Waals surface area contributed by atoms with Crippen LogP contribution in [-0.2, 0) is 26.7 Å². The predicted octanol–water partition coefficient (Wildman–Crippen LogP) is 4.24. The van der Waals surface area contributed by atoms with E-state index < -0.39 is 58.0 Å². The number of halogens is 6. The van der Waals surface area contributed by atoms with Crippen molar-refractivity contribution in [2.24, 2.45) is 11.3 Å². The zero-order valence-corrected chi connectivity index (χ0v) is 14.2. The molecule has 1 aliphatic carbocycles. The third kappa shape index (κ3) is 4.86. The van der Waals surface area contributed by atoms with Crippen LogP contribution in [0.3, 0.4) is 0 Å². The predicted molar refractivity (Wildman–Crippen MR) is 81.6 cm³/mol. The molecule has 0 atom stereocenters. The van der Waals surface area contributed by atoms with Crippen LogP contribution in [0, 0.1) is 11.3 Å². The molecular formula is C17H15F6NO3. The average Bonchev–Trinajstić information content (AvgIpc) is 2.42. The number of ketones is 2. The van der Waals surface area contributed by atoms with Crippen LogP contribution in [0.1, 0.15) is 37.8 Å². The summed E-state index contributed by atoms with van der Waals surface area (Å²) in [5, 5.41) is 1.84. The highest BCUT2D eigenvalue weighted by molar-refractivity contribution is 6.23. The number of hydrogen-bond donors (Lipinski definition) is 1. The van der Waals surface area contributed by atoms with Crippen molar-refractivity contribution in [1.29, 1.82) is 0 Å². The number of Topliss-reactive ketones (excluding diaryl/α,β-unsaturated/α-hetero) is 2. The molecule has 0 aliphatic heterocycles. The minimum atomic E-state index is -5.08. The van der Waals surface area contributed by atoms with Gasteiger partial charge in [0, 0.05) is 18.5 Å². The summed E-state index contributed by atoms with van der Waals surface area (Å²) >= 11 is 0. The van der Waals surface area contributed by atoms with Gasteiger partial charge >= 0.3 is 12.4 Å². The number of benzene rings is 1. The van der Waals surface area contributed by atoms with Crippen molar-refractivity contribution in [2.45, 2.75) is 39.0 Å². The highest BCUT2D eigenvalue weighted by atomic mass is 19.4. The minimum absolute atomic E-state index is 0.0882. The van der Waals surface area contributed by atoms with Gasteiger partial charge in [0.15, 0.2) is 17.5 Å². The van der Waals surface area contributed by atoms with E-state index in [2.05, 4.69) is 0 Å². The Hall–Kier alpha value is -2.39. The van der Waals surface area contributed by atoms with E-state index in [4.69, 9.17) is 0 Å². The van der Waals surface area contributed by atoms with Gasteiger partial charge in [-0.15, -0.1) is 0 Å². The van der Waals surface area contributed by atoms with Crippen LogP contribution < -0.4 is 5.32 Å². The van der Waals surface area contributed by atoms with Gasteiger partial charge in [-0.25, -0.2) is 0 Å². The fourth-order valence-electron chi connectivity index (χ4n) is 2.92. The molecule has 0 heterocycles. The van der Waals surface area contributed by atoms with E-state index in [1.54, 1.807) is 13.8 Å². The molecule has 0 aromatic heterocycles. The van der Waals surface area contributed by atoms with Gasteiger partial charge in [0.25, 0.3) is 0 Å². The number of rotatable bonds is 2. The van der Waals surface area contributed by atoms with Gasteiger partial charge in [0.1, 0.15) is 0 Å². The van der Waals surface area contributed by atoms with Crippen LogP contribution in [0.5, 0.6) is 0 Å². The monoisotopic (exact) mass is 395 g/mol. The fraction of sp³-hybridized carbons (Fsp3) is 0.471. The van der Waals surface area contributed by atoms with Gasteiger partial charge in [-0.2, -0.15) is 26.3 Å². The first-order chi connectivity index (χ1) is 12.1. The first-order valence-electron chi connectivity index (χ1n) is 7.76. The smallest absolute Gasteiger partial charge is 0.325 e. The lowest BCUT2D eigenvalue weighted by molar-refractivity contribution is -0.146. The Morgan fingerprint density at radius 3 is 1.70 bits per heavy atom. The molecule has 1 aromatic rings. The van der Waals surface area contributed by atoms with Crippen molar-refractivity contribution in [3.63, 3.8) is 0 Å². The molecule has 0 unspecified atom stereocenters. The molecular weight excluding hydrogens is 380 g/mol. The van der Waals surface area contributed by atoms with Gasteiger partial charge < -0.3 is 5.32 Å².